The van der Waals surface area contributed by atoms with Crippen molar-refractivity contribution in [1.29, 1.82) is 5.26 Å². The molecule has 1 aromatic heterocycles. The third-order valence-corrected chi connectivity index (χ3v) is 14.1. The number of rotatable bonds is 6. The molecular formula is C39H51N3O6. The molecule has 5 aliphatic carbocycles. The molecule has 0 N–H and O–H groups in total. The number of imidazole rings is 1. The summed E-state index contributed by atoms with van der Waals surface area (Å²) in [6.07, 6.45) is 13.0. The Hall–Kier alpha value is -3.54. The molecule has 0 radical (unpaired) electrons. The SMILES string of the molecule is COC(=O)c1cn(CCCOC(=O)[C@]23CCC(C)(C)C[C@H]2[C@H]2C(=O)C=C4[C@@]5(C)C=C(C#N)C(=O)C(C)(C)[C@@H]5CC[C@@]4(C)[C@]2(C)CC3)cn1. The number of esters is 2. The smallest absolute Gasteiger partial charge is 0.358 e. The lowest BCUT2D eigenvalue weighted by atomic mass is 9.34. The van der Waals surface area contributed by atoms with Gasteiger partial charge in [0.25, 0.3) is 0 Å². The van der Waals surface area contributed by atoms with Gasteiger partial charge in [-0.1, -0.05) is 60.1 Å². The van der Waals surface area contributed by atoms with Crippen LogP contribution >= 0.6 is 0 Å². The predicted octanol–water partition coefficient (Wildman–Crippen LogP) is 6.82. The first-order valence-corrected chi connectivity index (χ1v) is 17.6. The van der Waals surface area contributed by atoms with E-state index in [1.165, 1.54) is 7.11 Å². The molecule has 0 unspecified atom stereocenters. The second kappa shape index (κ2) is 11.2. The predicted molar refractivity (Wildman–Crippen MR) is 178 cm³/mol. The van der Waals surface area contributed by atoms with Crippen molar-refractivity contribution in [3.05, 3.63) is 41.5 Å². The quantitative estimate of drug-likeness (QED) is 0.241. The van der Waals surface area contributed by atoms with Crippen molar-refractivity contribution in [1.82, 2.24) is 9.55 Å². The van der Waals surface area contributed by atoms with E-state index >= 15 is 0 Å². The summed E-state index contributed by atoms with van der Waals surface area (Å²) >= 11 is 0. The number of fused-ring (bicyclic) bond motifs is 7. The van der Waals surface area contributed by atoms with Crippen LogP contribution in [0.4, 0.5) is 0 Å². The molecule has 0 saturated heterocycles. The molecule has 5 aliphatic rings. The topological polar surface area (TPSA) is 128 Å². The van der Waals surface area contributed by atoms with E-state index < -0.39 is 27.6 Å². The minimum atomic E-state index is -0.724. The third-order valence-electron chi connectivity index (χ3n) is 14.1. The van der Waals surface area contributed by atoms with Gasteiger partial charge in [-0.3, -0.25) is 14.4 Å². The van der Waals surface area contributed by atoms with Crippen LogP contribution in [0.1, 0.15) is 110 Å². The molecule has 0 aliphatic heterocycles. The fourth-order valence-corrected chi connectivity index (χ4v) is 11.2. The first kappa shape index (κ1) is 34.3. The number of nitriles is 1. The highest BCUT2D eigenvalue weighted by atomic mass is 16.5. The number of hydrogen-bond donors (Lipinski definition) is 0. The van der Waals surface area contributed by atoms with Crippen molar-refractivity contribution in [2.75, 3.05) is 13.7 Å². The number of hydrogen-bond acceptors (Lipinski definition) is 8. The molecule has 9 heteroatoms. The largest absolute Gasteiger partial charge is 0.465 e. The summed E-state index contributed by atoms with van der Waals surface area (Å²) in [5.41, 5.74) is -1.28. The van der Waals surface area contributed by atoms with Crippen LogP contribution in [0.5, 0.6) is 0 Å². The van der Waals surface area contributed by atoms with Crippen LogP contribution in [0, 0.1) is 61.6 Å². The van der Waals surface area contributed by atoms with Gasteiger partial charge in [-0.25, -0.2) is 9.78 Å². The van der Waals surface area contributed by atoms with Crippen molar-refractivity contribution in [2.24, 2.45) is 50.2 Å². The van der Waals surface area contributed by atoms with E-state index in [-0.39, 0.29) is 64.0 Å². The second-order valence-electron chi connectivity index (χ2n) is 17.4. The van der Waals surface area contributed by atoms with Crippen molar-refractivity contribution in [3.63, 3.8) is 0 Å². The van der Waals surface area contributed by atoms with Gasteiger partial charge in [0.1, 0.15) is 6.07 Å². The van der Waals surface area contributed by atoms with Crippen LogP contribution in [-0.2, 0) is 30.4 Å². The molecule has 0 amide bonds. The van der Waals surface area contributed by atoms with E-state index in [0.29, 0.717) is 25.8 Å². The molecular weight excluding hydrogens is 606 g/mol. The zero-order chi connectivity index (χ0) is 35.1. The summed E-state index contributed by atoms with van der Waals surface area (Å²) < 4.78 is 12.6. The highest BCUT2D eigenvalue weighted by Gasteiger charge is 2.71. The molecule has 3 saturated carbocycles. The molecule has 1 aromatic rings. The number of Topliss-reactive ketones (excluding diaryl/α,β-unsaturated/α-hetero) is 1. The number of aryl methyl sites for hydroxylation is 1. The monoisotopic (exact) mass is 657 g/mol. The highest BCUT2D eigenvalue weighted by molar-refractivity contribution is 6.04. The van der Waals surface area contributed by atoms with Gasteiger partial charge in [0.05, 0.1) is 31.0 Å². The van der Waals surface area contributed by atoms with Crippen molar-refractivity contribution in [3.8, 4) is 6.07 Å². The van der Waals surface area contributed by atoms with Gasteiger partial charge < -0.3 is 14.0 Å². The van der Waals surface area contributed by atoms with E-state index in [2.05, 4.69) is 45.7 Å². The maximum atomic E-state index is 14.7. The maximum absolute atomic E-state index is 14.7. The Balaban J connectivity index is 1.31. The van der Waals surface area contributed by atoms with Gasteiger partial charge in [0.15, 0.2) is 17.3 Å². The van der Waals surface area contributed by atoms with Crippen molar-refractivity contribution in [2.45, 2.75) is 106 Å². The molecule has 0 aromatic carbocycles. The van der Waals surface area contributed by atoms with Crippen molar-refractivity contribution >= 4 is 23.5 Å². The molecule has 0 spiro atoms. The average Bonchev–Trinajstić information content (AvgIpc) is 3.50. The molecule has 48 heavy (non-hydrogen) atoms. The summed E-state index contributed by atoms with van der Waals surface area (Å²) in [6.45, 7) is 15.9. The summed E-state index contributed by atoms with van der Waals surface area (Å²) in [4.78, 5) is 58.2. The van der Waals surface area contributed by atoms with Crippen LogP contribution in [0.2, 0.25) is 0 Å². The van der Waals surface area contributed by atoms with E-state index in [9.17, 15) is 24.4 Å². The molecule has 6 rings (SSSR count). The van der Waals surface area contributed by atoms with Gasteiger partial charge in [-0.05, 0) is 85.5 Å². The molecule has 258 valence electrons. The molecule has 0 bridgehead atoms. The van der Waals surface area contributed by atoms with E-state index in [4.69, 9.17) is 9.47 Å². The Bertz CT molecular complexity index is 1680. The zero-order valence-electron chi connectivity index (χ0n) is 29.9. The van der Waals surface area contributed by atoms with Crippen LogP contribution < -0.4 is 0 Å². The van der Waals surface area contributed by atoms with Gasteiger partial charge >= 0.3 is 11.9 Å². The number of ketones is 2. The van der Waals surface area contributed by atoms with Gasteiger partial charge in [0.2, 0.25) is 0 Å². The highest BCUT2D eigenvalue weighted by Crippen LogP contribution is 2.74. The standard InChI is InChI=1S/C39H51N3O6/c1-34(2)12-14-39(33(46)48-17-9-16-42-22-26(41-23-42)32(45)47-8)15-13-38(7)30(25(39)20-34)27(43)18-29-36(5)19-24(21-40)31(44)35(3,4)28(36)10-11-37(29,38)6/h18-19,22-23,25,28,30H,9-17,20H2,1-8H3/t25-,28-,30-,36-,37+,38+,39-/m0/s1. The summed E-state index contributed by atoms with van der Waals surface area (Å²) in [6, 6.07) is 2.18. The van der Waals surface area contributed by atoms with E-state index in [0.717, 1.165) is 37.7 Å². The fourth-order valence-electron chi connectivity index (χ4n) is 11.2. The average molecular weight is 658 g/mol. The molecule has 3 fully saturated rings. The Morgan fingerprint density at radius 1 is 1.04 bits per heavy atom. The Kier molecular flexibility index (Phi) is 8.04. The first-order chi connectivity index (χ1) is 22.4. The Morgan fingerprint density at radius 2 is 1.75 bits per heavy atom. The van der Waals surface area contributed by atoms with Gasteiger partial charge in [0, 0.05) is 29.5 Å². The second-order valence-corrected chi connectivity index (χ2v) is 17.4. The Morgan fingerprint density at radius 3 is 2.44 bits per heavy atom. The third kappa shape index (κ3) is 4.79. The number of aromatic nitrogens is 2. The van der Waals surface area contributed by atoms with Gasteiger partial charge in [-0.15, -0.1) is 0 Å². The lowest BCUT2D eigenvalue weighted by Crippen LogP contribution is -2.66. The van der Waals surface area contributed by atoms with Crippen molar-refractivity contribution < 1.29 is 28.7 Å². The van der Waals surface area contributed by atoms with Crippen LogP contribution in [0.3, 0.4) is 0 Å². The van der Waals surface area contributed by atoms with Gasteiger partial charge in [-0.2, -0.15) is 5.26 Å². The first-order valence-electron chi connectivity index (χ1n) is 17.6. The lowest BCUT2D eigenvalue weighted by molar-refractivity contribution is -0.193. The number of carbonyl (C=O) groups excluding carboxylic acids is 4. The number of ether oxygens (including phenoxy) is 2. The van der Waals surface area contributed by atoms with Crippen LogP contribution in [0.25, 0.3) is 0 Å². The summed E-state index contributed by atoms with van der Waals surface area (Å²) in [5, 5.41) is 9.98. The van der Waals surface area contributed by atoms with Crippen LogP contribution in [0.15, 0.2) is 35.8 Å². The number of carbonyl (C=O) groups is 4. The normalized spacial score (nSPS) is 37.8. The van der Waals surface area contributed by atoms with E-state index in [1.54, 1.807) is 17.1 Å². The molecule has 7 atom stereocenters. The lowest BCUT2D eigenvalue weighted by Gasteiger charge is -2.68. The minimum Gasteiger partial charge on any atom is -0.465 e. The summed E-state index contributed by atoms with van der Waals surface area (Å²) in [7, 11) is 1.32. The molecule has 1 heterocycles. The zero-order valence-corrected chi connectivity index (χ0v) is 29.9. The molecule has 9 nitrogen and oxygen atoms in total. The number of allylic oxidation sites excluding steroid dienone is 4. The van der Waals surface area contributed by atoms with Crippen LogP contribution in [-0.4, -0.2) is 46.8 Å². The number of nitrogens with zero attached hydrogens (tertiary/aromatic N) is 3. The fraction of sp³-hybridized carbons (Fsp3) is 0.692. The number of methoxy groups -OCH3 is 1. The summed E-state index contributed by atoms with van der Waals surface area (Å²) in [5.74, 6) is -1.20. The Labute approximate surface area is 284 Å². The minimum absolute atomic E-state index is 0.0116. The maximum Gasteiger partial charge on any atom is 0.358 e. The van der Waals surface area contributed by atoms with E-state index in [1.807, 2.05) is 26.0 Å².